The van der Waals surface area contributed by atoms with Crippen molar-refractivity contribution in [3.8, 4) is 5.75 Å². The number of hydrogen-bond acceptors (Lipinski definition) is 2. The van der Waals surface area contributed by atoms with Crippen LogP contribution in [0, 0.1) is 5.92 Å². The summed E-state index contributed by atoms with van der Waals surface area (Å²) in [5, 5.41) is 3.14. The molecular weight excluding hydrogens is 322 g/mol. The van der Waals surface area contributed by atoms with E-state index >= 15 is 0 Å². The van der Waals surface area contributed by atoms with Gasteiger partial charge in [0.25, 0.3) is 0 Å². The third-order valence-electron chi connectivity index (χ3n) is 5.84. The first-order valence-electron chi connectivity index (χ1n) is 9.74. The van der Waals surface area contributed by atoms with Gasteiger partial charge in [0.1, 0.15) is 5.75 Å². The van der Waals surface area contributed by atoms with E-state index < -0.39 is 0 Å². The second kappa shape index (κ2) is 7.53. The van der Waals surface area contributed by atoms with Crippen LogP contribution in [0.2, 0.25) is 0 Å². The van der Waals surface area contributed by atoms with Gasteiger partial charge in [-0.15, -0.1) is 0 Å². The van der Waals surface area contributed by atoms with Gasteiger partial charge in [0, 0.05) is 12.5 Å². The fraction of sp³-hybridized carbons (Fsp3) is 0.435. The van der Waals surface area contributed by atoms with Crippen molar-refractivity contribution >= 4 is 5.91 Å². The van der Waals surface area contributed by atoms with Crippen molar-refractivity contribution in [3.63, 3.8) is 0 Å². The molecule has 2 aromatic carbocycles. The first-order valence-corrected chi connectivity index (χ1v) is 9.74. The number of ether oxygens (including phenoxy) is 1. The van der Waals surface area contributed by atoms with E-state index in [-0.39, 0.29) is 11.8 Å². The fourth-order valence-electron chi connectivity index (χ4n) is 4.20. The number of nitrogens with one attached hydrogen (secondary N) is 1. The van der Waals surface area contributed by atoms with Gasteiger partial charge in [-0.2, -0.15) is 0 Å². The molecule has 0 radical (unpaired) electrons. The van der Waals surface area contributed by atoms with E-state index in [1.165, 1.54) is 16.7 Å². The lowest BCUT2D eigenvalue weighted by Crippen LogP contribution is -2.28. The molecule has 3 nitrogen and oxygen atoms in total. The Balaban J connectivity index is 1.52. The van der Waals surface area contributed by atoms with Crippen molar-refractivity contribution in [3.05, 3.63) is 65.2 Å². The van der Waals surface area contributed by atoms with E-state index in [4.69, 9.17) is 4.74 Å². The Hall–Kier alpha value is -2.29. The van der Waals surface area contributed by atoms with Crippen molar-refractivity contribution in [2.24, 2.45) is 5.92 Å². The van der Waals surface area contributed by atoms with Crippen molar-refractivity contribution in [2.45, 2.75) is 43.9 Å². The maximum absolute atomic E-state index is 11.9. The Morgan fingerprint density at radius 3 is 2.69 bits per heavy atom. The third kappa shape index (κ3) is 3.77. The number of carbonyl (C=O) groups is 1. The quantitative estimate of drug-likeness (QED) is 0.838. The molecule has 1 N–H and O–H groups in total. The minimum absolute atomic E-state index is 0.242. The van der Waals surface area contributed by atoms with Crippen molar-refractivity contribution in [1.29, 1.82) is 0 Å². The number of rotatable bonds is 6. The third-order valence-corrected chi connectivity index (χ3v) is 5.84. The average molecular weight is 349 g/mol. The normalized spacial score (nSPS) is 21.7. The zero-order chi connectivity index (χ0) is 17.9. The molecule has 0 unspecified atom stereocenters. The molecule has 0 bridgehead atoms. The zero-order valence-electron chi connectivity index (χ0n) is 15.4. The molecule has 2 atom stereocenters. The van der Waals surface area contributed by atoms with E-state index in [9.17, 15) is 4.79 Å². The van der Waals surface area contributed by atoms with Gasteiger partial charge in [0.2, 0.25) is 5.91 Å². The molecule has 2 aliphatic carbocycles. The zero-order valence-corrected chi connectivity index (χ0v) is 15.4. The number of amides is 1. The maximum atomic E-state index is 11.9. The molecule has 0 saturated heterocycles. The molecule has 4 rings (SSSR count). The number of hydrogen-bond donors (Lipinski definition) is 1. The molecule has 0 aromatic heterocycles. The predicted molar refractivity (Wildman–Crippen MR) is 104 cm³/mol. The van der Waals surface area contributed by atoms with Crippen LogP contribution in [0.1, 0.15) is 54.2 Å². The Kier molecular flexibility index (Phi) is 4.96. The predicted octanol–water partition coefficient (Wildman–Crippen LogP) is 4.43. The van der Waals surface area contributed by atoms with Gasteiger partial charge in [-0.25, -0.2) is 0 Å². The minimum Gasteiger partial charge on any atom is -0.497 e. The number of methoxy groups -OCH3 is 1. The van der Waals surface area contributed by atoms with Crippen LogP contribution in [0.5, 0.6) is 5.75 Å². The summed E-state index contributed by atoms with van der Waals surface area (Å²) >= 11 is 0. The molecule has 0 heterocycles. The van der Waals surface area contributed by atoms with Crippen molar-refractivity contribution < 1.29 is 9.53 Å². The molecule has 2 aliphatic rings. The van der Waals surface area contributed by atoms with Crippen LogP contribution in [0.15, 0.2) is 48.5 Å². The highest BCUT2D eigenvalue weighted by molar-refractivity contribution is 5.80. The molecule has 1 saturated carbocycles. The monoisotopic (exact) mass is 349 g/mol. The highest BCUT2D eigenvalue weighted by Crippen LogP contribution is 2.42. The Morgan fingerprint density at radius 2 is 1.96 bits per heavy atom. The van der Waals surface area contributed by atoms with Crippen LogP contribution in [0.3, 0.4) is 0 Å². The van der Waals surface area contributed by atoms with Gasteiger partial charge in [-0.1, -0.05) is 36.4 Å². The summed E-state index contributed by atoms with van der Waals surface area (Å²) in [6.07, 6.45) is 5.32. The summed E-state index contributed by atoms with van der Waals surface area (Å²) in [6, 6.07) is 17.3. The smallest absolute Gasteiger partial charge is 0.223 e. The molecule has 3 heteroatoms. The highest BCUT2D eigenvalue weighted by atomic mass is 16.5. The molecule has 2 aromatic rings. The van der Waals surface area contributed by atoms with Gasteiger partial charge in [0.05, 0.1) is 7.11 Å². The molecule has 0 aliphatic heterocycles. The van der Waals surface area contributed by atoms with E-state index in [2.05, 4.69) is 53.8 Å². The summed E-state index contributed by atoms with van der Waals surface area (Å²) in [5.74, 6) is 2.45. The number of carbonyl (C=O) groups excluding carboxylic acids is 1. The van der Waals surface area contributed by atoms with Gasteiger partial charge in [0.15, 0.2) is 0 Å². The topological polar surface area (TPSA) is 38.3 Å². The van der Waals surface area contributed by atoms with Crippen LogP contribution < -0.4 is 10.1 Å². The Labute approximate surface area is 155 Å². The fourth-order valence-corrected chi connectivity index (χ4v) is 4.20. The molecule has 0 spiro atoms. The van der Waals surface area contributed by atoms with Crippen LogP contribution in [0.4, 0.5) is 0 Å². The lowest BCUT2D eigenvalue weighted by atomic mass is 9.73. The summed E-state index contributed by atoms with van der Waals surface area (Å²) < 4.78 is 5.45. The molecular formula is C23H27NO2. The highest BCUT2D eigenvalue weighted by Gasteiger charge is 2.31. The van der Waals surface area contributed by atoms with Gasteiger partial charge < -0.3 is 10.1 Å². The van der Waals surface area contributed by atoms with Gasteiger partial charge >= 0.3 is 0 Å². The number of fused-ring (bicyclic) bond motifs is 1. The maximum Gasteiger partial charge on any atom is 0.223 e. The van der Waals surface area contributed by atoms with Crippen LogP contribution in [-0.2, 0) is 11.2 Å². The van der Waals surface area contributed by atoms with E-state index in [1.54, 1.807) is 7.11 Å². The SMILES string of the molecule is COc1ccc2c(c1)[C@@H](CCNC(=O)C1CC1)C[C@@H](c1ccccc1)C2. The molecule has 136 valence electrons. The first-order chi connectivity index (χ1) is 12.7. The standard InChI is InChI=1S/C23H27NO2/c1-26-21-10-9-18-13-20(16-5-3-2-4-6-16)14-19(22(18)15-21)11-12-24-23(25)17-7-8-17/h2-6,9-10,15,17,19-20H,7-8,11-14H2,1H3,(H,24,25)/t19-,20-/m0/s1. The summed E-state index contributed by atoms with van der Waals surface area (Å²) in [6.45, 7) is 0.762. The number of benzene rings is 2. The van der Waals surface area contributed by atoms with Crippen LogP contribution >= 0.6 is 0 Å². The van der Waals surface area contributed by atoms with E-state index in [0.29, 0.717) is 11.8 Å². The van der Waals surface area contributed by atoms with E-state index in [1.807, 2.05) is 0 Å². The van der Waals surface area contributed by atoms with Gasteiger partial charge in [-0.3, -0.25) is 4.79 Å². The summed E-state index contributed by atoms with van der Waals surface area (Å²) in [4.78, 5) is 11.9. The molecule has 1 fully saturated rings. The molecule has 26 heavy (non-hydrogen) atoms. The summed E-state index contributed by atoms with van der Waals surface area (Å²) in [5.41, 5.74) is 4.24. The van der Waals surface area contributed by atoms with Crippen LogP contribution in [0.25, 0.3) is 0 Å². The average Bonchev–Trinajstić information content (AvgIpc) is 3.53. The van der Waals surface area contributed by atoms with Crippen molar-refractivity contribution in [1.82, 2.24) is 5.32 Å². The van der Waals surface area contributed by atoms with Crippen molar-refractivity contribution in [2.75, 3.05) is 13.7 Å². The Morgan fingerprint density at radius 1 is 1.15 bits per heavy atom. The minimum atomic E-state index is 0.242. The summed E-state index contributed by atoms with van der Waals surface area (Å²) in [7, 11) is 1.72. The largest absolute Gasteiger partial charge is 0.497 e. The second-order valence-corrected chi connectivity index (χ2v) is 7.66. The van der Waals surface area contributed by atoms with E-state index in [0.717, 1.165) is 44.4 Å². The Bertz CT molecular complexity index is 767. The van der Waals surface area contributed by atoms with Crippen LogP contribution in [-0.4, -0.2) is 19.6 Å². The lowest BCUT2D eigenvalue weighted by Gasteiger charge is -2.32. The molecule has 1 amide bonds. The second-order valence-electron chi connectivity index (χ2n) is 7.66. The first kappa shape index (κ1) is 17.1. The lowest BCUT2D eigenvalue weighted by molar-refractivity contribution is -0.122. The van der Waals surface area contributed by atoms with Gasteiger partial charge in [-0.05, 0) is 72.8 Å².